The van der Waals surface area contributed by atoms with Gasteiger partial charge in [0.2, 0.25) is 0 Å². The highest BCUT2D eigenvalue weighted by atomic mass is 31.2. The quantitative estimate of drug-likeness (QED) is 0.0265. The van der Waals surface area contributed by atoms with E-state index in [0.29, 0.717) is 12.8 Å². The Morgan fingerprint density at radius 1 is 0.476 bits per heavy atom. The summed E-state index contributed by atoms with van der Waals surface area (Å²) >= 11 is 0. The molecule has 1 saturated carbocycles. The van der Waals surface area contributed by atoms with Gasteiger partial charge < -0.3 is 67.4 Å². The van der Waals surface area contributed by atoms with Crippen molar-refractivity contribution in [1.29, 1.82) is 0 Å². The fraction of sp³-hybridized carbons (Fsp3) is 0.951. The first kappa shape index (κ1) is 60.2. The normalized spacial score (nSPS) is 23.7. The van der Waals surface area contributed by atoms with Crippen molar-refractivity contribution in [2.75, 3.05) is 13.2 Å². The zero-order valence-electron chi connectivity index (χ0n) is 37.5. The van der Waals surface area contributed by atoms with Crippen LogP contribution in [0.1, 0.15) is 194 Å². The fourth-order valence-corrected chi connectivity index (χ4v) is 9.45. The molecule has 0 spiro atoms. The number of hydrogen-bond donors (Lipinski definition) is 5. The second-order valence-electron chi connectivity index (χ2n) is 16.6. The lowest BCUT2D eigenvalue weighted by Gasteiger charge is -2.47. The van der Waals surface area contributed by atoms with Gasteiger partial charge in [0.15, 0.2) is 6.10 Å². The Labute approximate surface area is 374 Å². The Morgan fingerprint density at radius 3 is 1.19 bits per heavy atom. The number of aliphatic hydroxyl groups is 3. The minimum Gasteiger partial charge on any atom is -0.756 e. The van der Waals surface area contributed by atoms with Gasteiger partial charge in [-0.15, -0.1) is 0 Å². The van der Waals surface area contributed by atoms with Crippen LogP contribution in [0.4, 0.5) is 0 Å². The van der Waals surface area contributed by atoms with Crippen LogP contribution in [0, 0.1) is 0 Å². The number of esters is 2. The smallest absolute Gasteiger partial charge is 0.306 e. The molecule has 0 aliphatic heterocycles. The molecule has 0 amide bonds. The Kier molecular flexibility index (Phi) is 32.9. The molecule has 0 saturated heterocycles. The number of phosphoric acid groups is 3. The number of hydrogen-bond acceptors (Lipinski definition) is 17. The van der Waals surface area contributed by atoms with E-state index in [1.54, 1.807) is 0 Å². The number of rotatable bonds is 40. The molecular formula is C41H78O19P3-3. The van der Waals surface area contributed by atoms with Crippen molar-refractivity contribution in [1.82, 2.24) is 0 Å². The van der Waals surface area contributed by atoms with Crippen molar-refractivity contribution in [2.24, 2.45) is 0 Å². The molecule has 4 unspecified atom stereocenters. The summed E-state index contributed by atoms with van der Waals surface area (Å²) < 4.78 is 64.3. The van der Waals surface area contributed by atoms with Gasteiger partial charge in [0.25, 0.3) is 23.5 Å². The lowest BCUT2D eigenvalue weighted by atomic mass is 9.85. The molecule has 10 atom stereocenters. The van der Waals surface area contributed by atoms with Crippen molar-refractivity contribution in [3.63, 3.8) is 0 Å². The molecule has 0 aromatic carbocycles. The Hall–Kier alpha value is -0.850. The van der Waals surface area contributed by atoms with Gasteiger partial charge in [-0.25, -0.2) is 0 Å². The second-order valence-corrected chi connectivity index (χ2v) is 20.3. The fourth-order valence-electron chi connectivity index (χ4n) is 7.39. The van der Waals surface area contributed by atoms with E-state index < -0.39 is 91.3 Å². The van der Waals surface area contributed by atoms with Crippen LogP contribution in [0.5, 0.6) is 0 Å². The van der Waals surface area contributed by atoms with E-state index in [0.717, 1.165) is 57.8 Å². The van der Waals surface area contributed by atoms with Gasteiger partial charge in [0.1, 0.15) is 43.2 Å². The summed E-state index contributed by atoms with van der Waals surface area (Å²) in [5.41, 5.74) is 0. The number of aliphatic hydroxyl groups excluding tert-OH is 3. The van der Waals surface area contributed by atoms with Crippen LogP contribution < -0.4 is 14.7 Å². The average Bonchev–Trinajstić information content (AvgIpc) is 3.20. The molecule has 1 fully saturated rings. The monoisotopic (exact) mass is 967 g/mol. The second kappa shape index (κ2) is 34.4. The summed E-state index contributed by atoms with van der Waals surface area (Å²) in [6, 6.07) is 0. The molecule has 22 heteroatoms. The van der Waals surface area contributed by atoms with E-state index in [4.69, 9.17) is 23.4 Å². The van der Waals surface area contributed by atoms with E-state index in [9.17, 15) is 58.2 Å². The number of carbonyl (C=O) groups excluding carboxylic acids is 2. The zero-order valence-corrected chi connectivity index (χ0v) is 40.2. The summed E-state index contributed by atoms with van der Waals surface area (Å²) in [6.07, 6.45) is 11.7. The topological polar surface area (TPSA) is 311 Å². The van der Waals surface area contributed by atoms with Crippen LogP contribution in [0.3, 0.4) is 0 Å². The van der Waals surface area contributed by atoms with E-state index >= 15 is 0 Å². The molecule has 0 aromatic heterocycles. The third-order valence-corrected chi connectivity index (χ3v) is 12.9. The first-order valence-corrected chi connectivity index (χ1v) is 27.7. The molecule has 374 valence electrons. The van der Waals surface area contributed by atoms with Crippen LogP contribution >= 0.6 is 23.5 Å². The molecule has 0 heterocycles. The number of unbranched alkanes of at least 4 members (excludes halogenated alkanes) is 24. The largest absolute Gasteiger partial charge is 0.756 e. The first-order chi connectivity index (χ1) is 29.8. The molecule has 0 bridgehead atoms. The summed E-state index contributed by atoms with van der Waals surface area (Å²) in [7, 11) is -17.4. The SMILES string of the molecule is CCCCCCCCCCCCCCCC(=O)OCC(COP(=O)([O-])O[C@@H]1[C@H](O)[C@H](O)[C@@H](OP(=O)([O-])O)[C@H](OP(=O)([O-])O)[C@H]1O)OC(=O)CCCCCCCCCCCCCCC. The van der Waals surface area contributed by atoms with Crippen molar-refractivity contribution >= 4 is 35.4 Å². The summed E-state index contributed by atoms with van der Waals surface area (Å²) in [4.78, 5) is 79.4. The van der Waals surface area contributed by atoms with Crippen LogP contribution in [-0.2, 0) is 50.9 Å². The van der Waals surface area contributed by atoms with Gasteiger partial charge in [-0.1, -0.05) is 168 Å². The van der Waals surface area contributed by atoms with Crippen LogP contribution in [0.25, 0.3) is 0 Å². The standard InChI is InChI=1S/C41H81O19P3/c1-3-5-7-9-11-13-15-17-19-21-23-25-27-29-34(42)55-31-33(57-35(43)30-28-26-24-22-20-18-16-14-12-10-8-6-4-2)32-56-63(53,54)60-39-36(44)37(45)40(58-61(47,48)49)41(38(39)46)59-62(50,51)52/h33,36-41,44-46H,3-32H2,1-2H3,(H,53,54)(H2,47,48,49)(H2,50,51,52)/p-3/t33?,36-,37+,38+,39-,40-,41-/m1/s1. The number of ether oxygens (including phenoxy) is 2. The molecule has 1 aliphatic carbocycles. The van der Waals surface area contributed by atoms with Gasteiger partial charge >= 0.3 is 11.9 Å². The summed E-state index contributed by atoms with van der Waals surface area (Å²) in [5, 5.41) is 31.6. The van der Waals surface area contributed by atoms with Gasteiger partial charge in [-0.3, -0.25) is 23.3 Å². The van der Waals surface area contributed by atoms with Crippen molar-refractivity contribution in [3.05, 3.63) is 0 Å². The maximum atomic E-state index is 12.9. The highest BCUT2D eigenvalue weighted by molar-refractivity contribution is 7.46. The summed E-state index contributed by atoms with van der Waals surface area (Å²) in [6.45, 7) is 2.81. The molecule has 0 radical (unpaired) electrons. The first-order valence-electron chi connectivity index (χ1n) is 23.3. The molecule has 1 rings (SSSR count). The summed E-state index contributed by atoms with van der Waals surface area (Å²) in [5.74, 6) is -1.34. The van der Waals surface area contributed by atoms with E-state index in [-0.39, 0.29) is 12.8 Å². The number of carbonyl (C=O) groups is 2. The third kappa shape index (κ3) is 30.9. The van der Waals surface area contributed by atoms with Crippen LogP contribution in [0.2, 0.25) is 0 Å². The van der Waals surface area contributed by atoms with E-state index in [1.807, 2.05) is 0 Å². The van der Waals surface area contributed by atoms with Gasteiger partial charge in [0, 0.05) is 12.8 Å². The zero-order chi connectivity index (χ0) is 47.2. The van der Waals surface area contributed by atoms with Crippen LogP contribution in [-0.4, -0.2) is 93.0 Å². The third-order valence-electron chi connectivity index (χ3n) is 10.9. The lowest BCUT2D eigenvalue weighted by Crippen LogP contribution is -2.65. The molecule has 63 heavy (non-hydrogen) atoms. The van der Waals surface area contributed by atoms with Gasteiger partial charge in [-0.2, -0.15) is 0 Å². The maximum Gasteiger partial charge on any atom is 0.306 e. The number of phosphoric ester groups is 3. The van der Waals surface area contributed by atoms with Gasteiger partial charge in [-0.05, 0) is 12.8 Å². The van der Waals surface area contributed by atoms with Crippen LogP contribution in [0.15, 0.2) is 0 Å². The minimum absolute atomic E-state index is 0.0196. The van der Waals surface area contributed by atoms with Gasteiger partial charge in [0.05, 0.1) is 6.61 Å². The molecule has 19 nitrogen and oxygen atoms in total. The van der Waals surface area contributed by atoms with E-state index in [1.165, 1.54) is 96.3 Å². The highest BCUT2D eigenvalue weighted by Gasteiger charge is 2.54. The van der Waals surface area contributed by atoms with Crippen molar-refractivity contribution in [2.45, 2.75) is 236 Å². The Bertz CT molecular complexity index is 1350. The molecular weight excluding hydrogens is 889 g/mol. The molecule has 0 aromatic rings. The maximum absolute atomic E-state index is 12.9. The predicted molar refractivity (Wildman–Crippen MR) is 227 cm³/mol. The van der Waals surface area contributed by atoms with Crippen molar-refractivity contribution < 1.29 is 90.6 Å². The molecule has 5 N–H and O–H groups in total. The molecule has 1 aliphatic rings. The Morgan fingerprint density at radius 2 is 0.810 bits per heavy atom. The van der Waals surface area contributed by atoms with E-state index in [2.05, 4.69) is 22.9 Å². The predicted octanol–water partition coefficient (Wildman–Crippen LogP) is 6.06. The highest BCUT2D eigenvalue weighted by Crippen LogP contribution is 2.48. The Balaban J connectivity index is 2.74. The van der Waals surface area contributed by atoms with Crippen molar-refractivity contribution in [3.8, 4) is 0 Å². The minimum atomic E-state index is -5.88. The average molecular weight is 968 g/mol. The lowest BCUT2D eigenvalue weighted by molar-refractivity contribution is -0.280.